The number of nitrogens with one attached hydrogen (secondary N) is 2. The third kappa shape index (κ3) is 4.22. The topological polar surface area (TPSA) is 66.1 Å². The first-order chi connectivity index (χ1) is 9.40. The fraction of sp³-hybridized carbons (Fsp3) is 0.875. The highest BCUT2D eigenvalue weighted by atomic mass is 16.4. The SMILES string of the molecule is CNC(=O)[C@@H](C[C@H]1CC[C@@H](C(C)C)/C(=[NH+]/[O-])C1)C(C)C. The van der Waals surface area contributed by atoms with E-state index >= 15 is 0 Å². The molecule has 2 N–H and O–H groups in total. The third-order valence-electron chi connectivity index (χ3n) is 4.75. The molecular weight excluding hydrogens is 252 g/mol. The second-order valence-electron chi connectivity index (χ2n) is 6.83. The Balaban J connectivity index is 2.68. The van der Waals surface area contributed by atoms with E-state index in [9.17, 15) is 10.0 Å². The van der Waals surface area contributed by atoms with Crippen molar-refractivity contribution in [2.75, 3.05) is 7.05 Å². The lowest BCUT2D eigenvalue weighted by atomic mass is 9.72. The molecule has 0 aromatic carbocycles. The van der Waals surface area contributed by atoms with Crippen LogP contribution in [-0.4, -0.2) is 18.7 Å². The van der Waals surface area contributed by atoms with Crippen molar-refractivity contribution < 1.29 is 9.95 Å². The molecule has 20 heavy (non-hydrogen) atoms. The molecule has 3 atom stereocenters. The van der Waals surface area contributed by atoms with Crippen LogP contribution in [0.2, 0.25) is 0 Å². The van der Waals surface area contributed by atoms with E-state index in [2.05, 4.69) is 38.2 Å². The Morgan fingerprint density at radius 2 is 2.00 bits per heavy atom. The summed E-state index contributed by atoms with van der Waals surface area (Å²) in [6.45, 7) is 8.53. The Morgan fingerprint density at radius 1 is 1.35 bits per heavy atom. The summed E-state index contributed by atoms with van der Waals surface area (Å²) in [5.74, 6) is 1.86. The Bertz CT molecular complexity index is 350. The highest BCUT2D eigenvalue weighted by Gasteiger charge is 2.34. The van der Waals surface area contributed by atoms with Gasteiger partial charge in [0.15, 0.2) is 5.71 Å². The lowest BCUT2D eigenvalue weighted by Crippen LogP contribution is -2.68. The highest BCUT2D eigenvalue weighted by Crippen LogP contribution is 2.34. The largest absolute Gasteiger partial charge is 0.625 e. The van der Waals surface area contributed by atoms with Gasteiger partial charge in [-0.1, -0.05) is 27.7 Å². The maximum Gasteiger partial charge on any atom is 0.223 e. The molecule has 0 aromatic rings. The summed E-state index contributed by atoms with van der Waals surface area (Å²) >= 11 is 0. The quantitative estimate of drug-likeness (QED) is 0.592. The molecule has 1 aliphatic carbocycles. The van der Waals surface area contributed by atoms with E-state index < -0.39 is 0 Å². The average molecular weight is 282 g/mol. The molecule has 0 bridgehead atoms. The van der Waals surface area contributed by atoms with Crippen LogP contribution in [-0.2, 0) is 4.79 Å². The molecule has 0 heterocycles. The maximum atomic E-state index is 12.0. The van der Waals surface area contributed by atoms with Gasteiger partial charge in [0.1, 0.15) is 0 Å². The van der Waals surface area contributed by atoms with Gasteiger partial charge in [0.05, 0.1) is 0 Å². The minimum Gasteiger partial charge on any atom is -0.625 e. The first-order valence-corrected chi connectivity index (χ1v) is 7.86. The van der Waals surface area contributed by atoms with Crippen molar-refractivity contribution in [3.63, 3.8) is 0 Å². The first kappa shape index (κ1) is 17.0. The molecule has 1 fully saturated rings. The second-order valence-corrected chi connectivity index (χ2v) is 6.83. The Kier molecular flexibility index (Phi) is 6.50. The van der Waals surface area contributed by atoms with Crippen molar-refractivity contribution in [1.29, 1.82) is 0 Å². The minimum atomic E-state index is 0.0495. The third-order valence-corrected chi connectivity index (χ3v) is 4.75. The molecule has 0 spiro atoms. The molecule has 0 aromatic heterocycles. The first-order valence-electron chi connectivity index (χ1n) is 7.86. The molecule has 0 radical (unpaired) electrons. The number of rotatable bonds is 5. The van der Waals surface area contributed by atoms with Crippen LogP contribution in [0.3, 0.4) is 0 Å². The molecule has 4 nitrogen and oxygen atoms in total. The van der Waals surface area contributed by atoms with Crippen molar-refractivity contribution in [3.05, 3.63) is 5.21 Å². The molecule has 0 unspecified atom stereocenters. The lowest BCUT2D eigenvalue weighted by Gasteiger charge is -2.32. The van der Waals surface area contributed by atoms with Gasteiger partial charge in [0.25, 0.3) is 0 Å². The van der Waals surface area contributed by atoms with Crippen LogP contribution in [0, 0.1) is 34.8 Å². The van der Waals surface area contributed by atoms with E-state index in [1.54, 1.807) is 7.05 Å². The van der Waals surface area contributed by atoms with Crippen LogP contribution in [0.4, 0.5) is 0 Å². The number of carbonyl (C=O) groups excluding carboxylic acids is 1. The van der Waals surface area contributed by atoms with Crippen LogP contribution < -0.4 is 10.5 Å². The summed E-state index contributed by atoms with van der Waals surface area (Å²) in [6.07, 6.45) is 3.89. The van der Waals surface area contributed by atoms with Crippen LogP contribution in [0.25, 0.3) is 0 Å². The predicted octanol–water partition coefficient (Wildman–Crippen LogP) is 1.49. The number of carbonyl (C=O) groups is 1. The molecule has 1 amide bonds. The maximum absolute atomic E-state index is 12.0. The van der Waals surface area contributed by atoms with Gasteiger partial charge in [-0.2, -0.15) is 0 Å². The van der Waals surface area contributed by atoms with Gasteiger partial charge in [0, 0.05) is 25.3 Å². The summed E-state index contributed by atoms with van der Waals surface area (Å²) in [6, 6.07) is 0. The predicted molar refractivity (Wildman–Crippen MR) is 82.0 cm³/mol. The number of hydrogen-bond donors (Lipinski definition) is 2. The molecule has 1 aliphatic rings. The van der Waals surface area contributed by atoms with E-state index in [-0.39, 0.29) is 11.8 Å². The van der Waals surface area contributed by atoms with E-state index in [4.69, 9.17) is 0 Å². The van der Waals surface area contributed by atoms with Crippen LogP contribution in [0.5, 0.6) is 0 Å². The van der Waals surface area contributed by atoms with E-state index in [0.29, 0.717) is 23.7 Å². The van der Waals surface area contributed by atoms with Crippen LogP contribution >= 0.6 is 0 Å². The Hall–Kier alpha value is -1.06. The number of hydrogen-bond acceptors (Lipinski definition) is 2. The zero-order valence-electron chi connectivity index (χ0n) is 13.5. The summed E-state index contributed by atoms with van der Waals surface area (Å²) in [5, 5.41) is 16.1. The Morgan fingerprint density at radius 3 is 2.45 bits per heavy atom. The van der Waals surface area contributed by atoms with E-state index in [1.807, 2.05) is 0 Å². The van der Waals surface area contributed by atoms with Gasteiger partial charge in [-0.05, 0) is 37.0 Å². The van der Waals surface area contributed by atoms with Gasteiger partial charge < -0.3 is 10.5 Å². The monoisotopic (exact) mass is 282 g/mol. The van der Waals surface area contributed by atoms with Gasteiger partial charge in [-0.25, -0.2) is 5.16 Å². The molecule has 1 rings (SSSR count). The summed E-state index contributed by atoms with van der Waals surface area (Å²) < 4.78 is 0. The Labute approximate surface area is 123 Å². The van der Waals surface area contributed by atoms with Gasteiger partial charge >= 0.3 is 0 Å². The molecule has 0 aliphatic heterocycles. The van der Waals surface area contributed by atoms with E-state index in [0.717, 1.165) is 31.4 Å². The molecular formula is C16H30N2O2. The zero-order valence-corrected chi connectivity index (χ0v) is 13.5. The molecule has 1 saturated carbocycles. The number of amides is 1. The summed E-state index contributed by atoms with van der Waals surface area (Å²) in [4.78, 5) is 12.0. The lowest BCUT2D eigenvalue weighted by molar-refractivity contribution is -0.380. The summed E-state index contributed by atoms with van der Waals surface area (Å²) in [5.41, 5.74) is 0.940. The average Bonchev–Trinajstić information content (AvgIpc) is 2.42. The zero-order chi connectivity index (χ0) is 15.3. The highest BCUT2D eigenvalue weighted by molar-refractivity contribution is 5.83. The minimum absolute atomic E-state index is 0.0495. The van der Waals surface area contributed by atoms with Gasteiger partial charge in [0.2, 0.25) is 5.91 Å². The normalized spacial score (nSPS) is 27.1. The smallest absolute Gasteiger partial charge is 0.223 e. The standard InChI is InChI=1S/C16H30N2O2/c1-10(2)13-7-6-12(9-15(13)18-20)8-14(11(3)4)16(19)17-5/h10-14,18H,6-9H2,1-5H3,(H-,17,19,20)/b18-15+/t12-,13+,14+/m1/s1. The van der Waals surface area contributed by atoms with Gasteiger partial charge in [-0.3, -0.25) is 4.79 Å². The molecule has 0 saturated heterocycles. The van der Waals surface area contributed by atoms with Crippen LogP contribution in [0.15, 0.2) is 0 Å². The fourth-order valence-electron chi connectivity index (χ4n) is 3.43. The van der Waals surface area contributed by atoms with Crippen molar-refractivity contribution in [2.45, 2.75) is 53.4 Å². The van der Waals surface area contributed by atoms with Gasteiger partial charge in [-0.15, -0.1) is 0 Å². The van der Waals surface area contributed by atoms with Crippen molar-refractivity contribution in [3.8, 4) is 0 Å². The van der Waals surface area contributed by atoms with Crippen molar-refractivity contribution >= 4 is 11.6 Å². The molecule has 116 valence electrons. The van der Waals surface area contributed by atoms with Crippen molar-refractivity contribution in [1.82, 2.24) is 5.32 Å². The fourth-order valence-corrected chi connectivity index (χ4v) is 3.43. The van der Waals surface area contributed by atoms with Crippen LogP contribution in [0.1, 0.15) is 53.4 Å². The second kappa shape index (κ2) is 7.65. The van der Waals surface area contributed by atoms with Crippen molar-refractivity contribution in [2.24, 2.45) is 29.6 Å². The summed E-state index contributed by atoms with van der Waals surface area (Å²) in [7, 11) is 1.70. The van der Waals surface area contributed by atoms with E-state index in [1.165, 1.54) is 0 Å². The molecule has 4 heteroatoms.